The Balaban J connectivity index is 2.00. The van der Waals surface area contributed by atoms with E-state index in [1.807, 2.05) is 38.2 Å². The average molecular weight is 311 g/mol. The summed E-state index contributed by atoms with van der Waals surface area (Å²) in [6, 6.07) is 16.1. The second-order valence-electron chi connectivity index (χ2n) is 5.85. The molecule has 1 unspecified atom stereocenters. The molecule has 122 valence electrons. The number of aryl methyl sites for hydroxylation is 1. The van der Waals surface area contributed by atoms with Crippen LogP contribution in [0.1, 0.15) is 36.6 Å². The lowest BCUT2D eigenvalue weighted by atomic mass is 10.0. The predicted octanol–water partition coefficient (Wildman–Crippen LogP) is 4.16. The molecular weight excluding hydrogens is 286 g/mol. The van der Waals surface area contributed by atoms with E-state index in [1.165, 1.54) is 5.56 Å². The summed E-state index contributed by atoms with van der Waals surface area (Å²) >= 11 is 0. The number of benzene rings is 2. The summed E-state index contributed by atoms with van der Waals surface area (Å²) in [4.78, 5) is 14.3. The molecule has 23 heavy (non-hydrogen) atoms. The fraction of sp³-hybridized carbons (Fsp3) is 0.350. The van der Waals surface area contributed by atoms with Gasteiger partial charge in [-0.1, -0.05) is 42.0 Å². The molecule has 0 radical (unpaired) electrons. The Kier molecular flexibility index (Phi) is 5.80. The standard InChI is InChI=1S/C20H25NO2/c1-5-23-19-12-8-17(9-13-19)14-20(22)21(4)16(3)18-10-6-15(2)7-11-18/h6-13,16H,5,14H2,1-4H3. The number of hydrogen-bond acceptors (Lipinski definition) is 2. The van der Waals surface area contributed by atoms with Crippen molar-refractivity contribution in [3.8, 4) is 5.75 Å². The molecule has 0 saturated carbocycles. The van der Waals surface area contributed by atoms with Crippen LogP contribution in [0.4, 0.5) is 0 Å². The summed E-state index contributed by atoms with van der Waals surface area (Å²) in [6.07, 6.45) is 0.402. The van der Waals surface area contributed by atoms with Gasteiger partial charge in [0, 0.05) is 7.05 Å². The first-order chi connectivity index (χ1) is 11.0. The molecule has 3 nitrogen and oxygen atoms in total. The molecule has 2 aromatic carbocycles. The zero-order chi connectivity index (χ0) is 16.8. The van der Waals surface area contributed by atoms with E-state index in [0.717, 1.165) is 16.9 Å². The second-order valence-corrected chi connectivity index (χ2v) is 5.85. The minimum Gasteiger partial charge on any atom is -0.494 e. The molecule has 0 spiro atoms. The molecular formula is C20H25NO2. The Morgan fingerprint density at radius 1 is 1.09 bits per heavy atom. The van der Waals surface area contributed by atoms with Crippen molar-refractivity contribution >= 4 is 5.91 Å². The number of hydrogen-bond donors (Lipinski definition) is 0. The SMILES string of the molecule is CCOc1ccc(CC(=O)N(C)C(C)c2ccc(C)cc2)cc1. The topological polar surface area (TPSA) is 29.5 Å². The number of likely N-dealkylation sites (N-methyl/N-ethyl adjacent to an activating group) is 1. The van der Waals surface area contributed by atoms with Gasteiger partial charge in [0.25, 0.3) is 0 Å². The molecule has 0 aliphatic heterocycles. The second kappa shape index (κ2) is 7.82. The van der Waals surface area contributed by atoms with Crippen LogP contribution in [0.25, 0.3) is 0 Å². The van der Waals surface area contributed by atoms with Gasteiger partial charge in [-0.3, -0.25) is 4.79 Å². The van der Waals surface area contributed by atoms with Gasteiger partial charge in [-0.05, 0) is 44.0 Å². The third-order valence-corrected chi connectivity index (χ3v) is 4.12. The highest BCUT2D eigenvalue weighted by Gasteiger charge is 2.17. The van der Waals surface area contributed by atoms with Gasteiger partial charge >= 0.3 is 0 Å². The molecule has 0 aromatic heterocycles. The number of carbonyl (C=O) groups excluding carboxylic acids is 1. The summed E-state index contributed by atoms with van der Waals surface area (Å²) in [6.45, 7) is 6.73. The van der Waals surface area contributed by atoms with E-state index >= 15 is 0 Å². The van der Waals surface area contributed by atoms with Gasteiger partial charge in [0.15, 0.2) is 0 Å². The van der Waals surface area contributed by atoms with Gasteiger partial charge in [0.1, 0.15) is 5.75 Å². The molecule has 0 saturated heterocycles. The van der Waals surface area contributed by atoms with Crippen molar-refractivity contribution in [2.45, 2.75) is 33.2 Å². The summed E-state index contributed by atoms with van der Waals surface area (Å²) < 4.78 is 5.42. The molecule has 2 aromatic rings. The molecule has 0 aliphatic carbocycles. The van der Waals surface area contributed by atoms with E-state index in [2.05, 4.69) is 38.1 Å². The first-order valence-electron chi connectivity index (χ1n) is 8.05. The summed E-state index contributed by atoms with van der Waals surface area (Å²) in [5.74, 6) is 0.951. The lowest BCUT2D eigenvalue weighted by molar-refractivity contribution is -0.131. The first-order valence-corrected chi connectivity index (χ1v) is 8.05. The maximum Gasteiger partial charge on any atom is 0.227 e. The van der Waals surface area contributed by atoms with Gasteiger partial charge in [-0.2, -0.15) is 0 Å². The number of rotatable bonds is 6. The van der Waals surface area contributed by atoms with Crippen molar-refractivity contribution in [3.05, 3.63) is 65.2 Å². The van der Waals surface area contributed by atoms with Crippen LogP contribution in [0.3, 0.4) is 0 Å². The normalized spacial score (nSPS) is 11.8. The molecule has 1 amide bonds. The molecule has 0 N–H and O–H groups in total. The Labute approximate surface area is 138 Å². The van der Waals surface area contributed by atoms with E-state index in [0.29, 0.717) is 13.0 Å². The largest absolute Gasteiger partial charge is 0.494 e. The molecule has 0 aliphatic rings. The third-order valence-electron chi connectivity index (χ3n) is 4.12. The fourth-order valence-electron chi connectivity index (χ4n) is 2.45. The number of nitrogens with zero attached hydrogens (tertiary/aromatic N) is 1. The van der Waals surface area contributed by atoms with Crippen molar-refractivity contribution in [2.24, 2.45) is 0 Å². The predicted molar refractivity (Wildman–Crippen MR) is 93.7 cm³/mol. The van der Waals surface area contributed by atoms with Gasteiger partial charge in [-0.25, -0.2) is 0 Å². The number of amides is 1. The van der Waals surface area contributed by atoms with E-state index < -0.39 is 0 Å². The smallest absolute Gasteiger partial charge is 0.227 e. The highest BCUT2D eigenvalue weighted by molar-refractivity contribution is 5.79. The van der Waals surface area contributed by atoms with Crippen molar-refractivity contribution in [1.29, 1.82) is 0 Å². The molecule has 0 heterocycles. The molecule has 2 rings (SSSR count). The van der Waals surface area contributed by atoms with E-state index in [9.17, 15) is 4.79 Å². The van der Waals surface area contributed by atoms with Crippen LogP contribution < -0.4 is 4.74 Å². The number of ether oxygens (including phenoxy) is 1. The highest BCUT2D eigenvalue weighted by atomic mass is 16.5. The van der Waals surface area contributed by atoms with Crippen LogP contribution in [0.5, 0.6) is 5.75 Å². The van der Waals surface area contributed by atoms with E-state index in [1.54, 1.807) is 4.90 Å². The highest BCUT2D eigenvalue weighted by Crippen LogP contribution is 2.20. The summed E-state index contributed by atoms with van der Waals surface area (Å²) in [5, 5.41) is 0. The summed E-state index contributed by atoms with van der Waals surface area (Å²) in [5.41, 5.74) is 3.38. The molecule has 0 bridgehead atoms. The molecule has 0 fully saturated rings. The maximum atomic E-state index is 12.5. The monoisotopic (exact) mass is 311 g/mol. The van der Waals surface area contributed by atoms with Gasteiger partial charge in [0.2, 0.25) is 5.91 Å². The first kappa shape index (κ1) is 17.1. The van der Waals surface area contributed by atoms with Gasteiger partial charge in [-0.15, -0.1) is 0 Å². The fourth-order valence-corrected chi connectivity index (χ4v) is 2.45. The molecule has 3 heteroatoms. The minimum absolute atomic E-state index is 0.0609. The van der Waals surface area contributed by atoms with Crippen LogP contribution in [-0.2, 0) is 11.2 Å². The summed E-state index contributed by atoms with van der Waals surface area (Å²) in [7, 11) is 1.86. The molecule has 1 atom stereocenters. The Hall–Kier alpha value is -2.29. The van der Waals surface area contributed by atoms with Gasteiger partial charge in [0.05, 0.1) is 19.1 Å². The number of carbonyl (C=O) groups is 1. The van der Waals surface area contributed by atoms with Crippen LogP contribution in [-0.4, -0.2) is 24.5 Å². The average Bonchev–Trinajstić information content (AvgIpc) is 2.56. The zero-order valence-electron chi connectivity index (χ0n) is 14.4. The lowest BCUT2D eigenvalue weighted by Gasteiger charge is -2.25. The van der Waals surface area contributed by atoms with Crippen LogP contribution in [0.15, 0.2) is 48.5 Å². The van der Waals surface area contributed by atoms with E-state index in [-0.39, 0.29) is 11.9 Å². The minimum atomic E-state index is 0.0609. The maximum absolute atomic E-state index is 12.5. The Morgan fingerprint density at radius 2 is 1.70 bits per heavy atom. The van der Waals surface area contributed by atoms with Crippen molar-refractivity contribution < 1.29 is 9.53 Å². The van der Waals surface area contributed by atoms with E-state index in [4.69, 9.17) is 4.74 Å². The van der Waals surface area contributed by atoms with Crippen molar-refractivity contribution in [3.63, 3.8) is 0 Å². The van der Waals surface area contributed by atoms with Crippen molar-refractivity contribution in [2.75, 3.05) is 13.7 Å². The quantitative estimate of drug-likeness (QED) is 0.802. The Bertz CT molecular complexity index is 632. The van der Waals surface area contributed by atoms with Crippen LogP contribution in [0.2, 0.25) is 0 Å². The van der Waals surface area contributed by atoms with Crippen molar-refractivity contribution in [1.82, 2.24) is 4.90 Å². The lowest BCUT2D eigenvalue weighted by Crippen LogP contribution is -2.30. The van der Waals surface area contributed by atoms with Crippen LogP contribution in [0, 0.1) is 6.92 Å². The van der Waals surface area contributed by atoms with Crippen LogP contribution >= 0.6 is 0 Å². The zero-order valence-corrected chi connectivity index (χ0v) is 14.4. The van der Waals surface area contributed by atoms with Gasteiger partial charge < -0.3 is 9.64 Å². The Morgan fingerprint density at radius 3 is 2.26 bits per heavy atom. The third kappa shape index (κ3) is 4.59.